The number of allylic oxidation sites excluding steroid dienone is 4. The zero-order valence-electron chi connectivity index (χ0n) is 14.8. The Bertz CT molecular complexity index is 633. The zero-order valence-corrected chi connectivity index (χ0v) is 15.7. The van der Waals surface area contributed by atoms with Crippen LogP contribution in [0.25, 0.3) is 0 Å². The summed E-state index contributed by atoms with van der Waals surface area (Å²) in [7, 11) is 1.85. The third-order valence-corrected chi connectivity index (χ3v) is 7.00. The Kier molecular flexibility index (Phi) is 4.82. The molecule has 24 heavy (non-hydrogen) atoms. The molecule has 0 radical (unpaired) electrons. The van der Waals surface area contributed by atoms with Crippen LogP contribution in [0, 0.1) is 5.92 Å². The highest BCUT2D eigenvalue weighted by molar-refractivity contribution is 7.10. The van der Waals surface area contributed by atoms with E-state index in [9.17, 15) is 0 Å². The van der Waals surface area contributed by atoms with Gasteiger partial charge in [-0.15, -0.1) is 11.3 Å². The molecule has 1 unspecified atom stereocenters. The largest absolute Gasteiger partial charge is 0.466 e. The van der Waals surface area contributed by atoms with E-state index in [1.165, 1.54) is 54.1 Å². The van der Waals surface area contributed by atoms with Crippen molar-refractivity contribution >= 4 is 11.3 Å². The van der Waals surface area contributed by atoms with Crippen LogP contribution in [0.5, 0.6) is 0 Å². The van der Waals surface area contributed by atoms with E-state index in [4.69, 9.17) is 9.47 Å². The lowest BCUT2D eigenvalue weighted by atomic mass is 9.77. The molecular weight excluding hydrogens is 316 g/mol. The molecule has 0 saturated heterocycles. The quantitative estimate of drug-likeness (QED) is 0.653. The Labute approximate surface area is 149 Å². The summed E-state index contributed by atoms with van der Waals surface area (Å²) in [5.41, 5.74) is 3.04. The van der Waals surface area contributed by atoms with E-state index < -0.39 is 0 Å². The summed E-state index contributed by atoms with van der Waals surface area (Å²) in [6.07, 6.45) is 10.1. The van der Waals surface area contributed by atoms with Crippen molar-refractivity contribution in [1.29, 1.82) is 0 Å². The predicted molar refractivity (Wildman–Crippen MR) is 99.1 cm³/mol. The molecule has 1 aromatic rings. The molecule has 1 saturated carbocycles. The van der Waals surface area contributed by atoms with E-state index in [-0.39, 0.29) is 0 Å². The van der Waals surface area contributed by atoms with Crippen molar-refractivity contribution in [3.63, 3.8) is 0 Å². The first-order valence-electron chi connectivity index (χ1n) is 9.44. The van der Waals surface area contributed by atoms with Gasteiger partial charge in [0.05, 0.1) is 6.10 Å². The minimum absolute atomic E-state index is 0.447. The number of rotatable bonds is 3. The average molecular weight is 345 g/mol. The number of hydrogen-bond donors (Lipinski definition) is 0. The second kappa shape index (κ2) is 7.05. The van der Waals surface area contributed by atoms with Crippen LogP contribution >= 0.6 is 11.3 Å². The predicted octanol–water partition coefficient (Wildman–Crippen LogP) is 6.17. The molecule has 1 aliphatic heterocycles. The first-order chi connectivity index (χ1) is 11.8. The van der Waals surface area contributed by atoms with Gasteiger partial charge in [-0.05, 0) is 74.5 Å². The molecule has 4 rings (SSSR count). The van der Waals surface area contributed by atoms with Crippen LogP contribution < -0.4 is 0 Å². The van der Waals surface area contributed by atoms with Crippen molar-refractivity contribution in [2.45, 2.75) is 70.3 Å². The van der Waals surface area contributed by atoms with Gasteiger partial charge in [0.15, 0.2) is 0 Å². The van der Waals surface area contributed by atoms with Crippen LogP contribution in [0.1, 0.15) is 69.1 Å². The molecule has 3 heteroatoms. The second-order valence-corrected chi connectivity index (χ2v) is 8.44. The van der Waals surface area contributed by atoms with E-state index in [2.05, 4.69) is 24.4 Å². The number of thiophene rings is 1. The van der Waals surface area contributed by atoms with Crippen molar-refractivity contribution in [3.8, 4) is 0 Å². The maximum Gasteiger partial charge on any atom is 0.107 e. The van der Waals surface area contributed by atoms with Gasteiger partial charge in [-0.2, -0.15) is 0 Å². The van der Waals surface area contributed by atoms with Crippen LogP contribution in [-0.4, -0.2) is 13.2 Å². The van der Waals surface area contributed by atoms with Gasteiger partial charge in [0.2, 0.25) is 0 Å². The summed E-state index contributed by atoms with van der Waals surface area (Å²) in [5.74, 6) is 3.65. The van der Waals surface area contributed by atoms with E-state index >= 15 is 0 Å². The molecule has 0 aromatic carbocycles. The van der Waals surface area contributed by atoms with Gasteiger partial charge in [-0.3, -0.25) is 0 Å². The van der Waals surface area contributed by atoms with Crippen molar-refractivity contribution in [1.82, 2.24) is 0 Å². The summed E-state index contributed by atoms with van der Waals surface area (Å²) >= 11 is 1.90. The highest BCUT2D eigenvalue weighted by Crippen LogP contribution is 2.49. The monoisotopic (exact) mass is 344 g/mol. The zero-order chi connectivity index (χ0) is 16.5. The van der Waals surface area contributed by atoms with Gasteiger partial charge in [-0.25, -0.2) is 0 Å². The normalized spacial score (nSPS) is 31.0. The Morgan fingerprint density at radius 2 is 1.92 bits per heavy atom. The summed E-state index contributed by atoms with van der Waals surface area (Å²) in [6.45, 7) is 2.32. The third-order valence-electron chi connectivity index (χ3n) is 6.07. The maximum atomic E-state index is 6.56. The molecule has 3 aliphatic rings. The van der Waals surface area contributed by atoms with Gasteiger partial charge < -0.3 is 9.47 Å². The lowest BCUT2D eigenvalue weighted by molar-refractivity contribution is 0.0523. The summed E-state index contributed by atoms with van der Waals surface area (Å²) in [6, 6.07) is 4.50. The molecule has 1 aromatic heterocycles. The van der Waals surface area contributed by atoms with E-state index in [0.717, 1.165) is 19.3 Å². The molecule has 2 nitrogen and oxygen atoms in total. The highest BCUT2D eigenvalue weighted by atomic mass is 32.1. The molecule has 0 bridgehead atoms. The Hall–Kier alpha value is -1.06. The van der Waals surface area contributed by atoms with Crippen LogP contribution in [0.15, 0.2) is 40.2 Å². The van der Waals surface area contributed by atoms with Crippen LogP contribution in [0.4, 0.5) is 0 Å². The van der Waals surface area contributed by atoms with Crippen LogP contribution in [0.3, 0.4) is 0 Å². The molecule has 0 spiro atoms. The Morgan fingerprint density at radius 3 is 2.62 bits per heavy atom. The van der Waals surface area contributed by atoms with Crippen molar-refractivity contribution in [2.75, 3.05) is 7.11 Å². The molecule has 0 amide bonds. The third kappa shape index (κ3) is 2.97. The van der Waals surface area contributed by atoms with Crippen molar-refractivity contribution in [2.24, 2.45) is 5.92 Å². The minimum Gasteiger partial charge on any atom is -0.466 e. The summed E-state index contributed by atoms with van der Waals surface area (Å²) in [4.78, 5) is 1.49. The second-order valence-electron chi connectivity index (χ2n) is 7.46. The molecule has 2 heterocycles. The molecule has 1 fully saturated rings. The fraction of sp³-hybridized carbons (Fsp3) is 0.619. The Morgan fingerprint density at radius 1 is 1.12 bits per heavy atom. The standard InChI is InChI=1S/C21H28O2S/c1-14-20(19-8-5-13-24-19)17-6-3-4-7-18(17)23-21(14)15-9-11-16(22-2)12-10-15/h5,8,13,15-16,20H,3-4,6-7,9-12H2,1-2H3. The molecule has 2 aliphatic carbocycles. The highest BCUT2D eigenvalue weighted by Gasteiger charge is 2.36. The molecule has 0 N–H and O–H groups in total. The van der Waals surface area contributed by atoms with E-state index in [1.807, 2.05) is 18.4 Å². The lowest BCUT2D eigenvalue weighted by Gasteiger charge is -2.38. The summed E-state index contributed by atoms with van der Waals surface area (Å²) in [5, 5.41) is 2.21. The molecular formula is C21H28O2S. The minimum atomic E-state index is 0.447. The van der Waals surface area contributed by atoms with Gasteiger partial charge in [0.25, 0.3) is 0 Å². The first kappa shape index (κ1) is 16.4. The number of methoxy groups -OCH3 is 1. The van der Waals surface area contributed by atoms with Gasteiger partial charge in [0, 0.05) is 30.2 Å². The van der Waals surface area contributed by atoms with Crippen molar-refractivity contribution < 1.29 is 9.47 Å². The average Bonchev–Trinajstić information content (AvgIpc) is 3.15. The maximum absolute atomic E-state index is 6.56. The molecule has 130 valence electrons. The Balaban J connectivity index is 1.65. The fourth-order valence-electron chi connectivity index (χ4n) is 4.75. The van der Waals surface area contributed by atoms with E-state index in [1.54, 1.807) is 5.57 Å². The topological polar surface area (TPSA) is 18.5 Å². The SMILES string of the molecule is COC1CCC(C2=C(C)C(c3cccs3)C3=C(CCCC3)O2)CC1. The number of hydrogen-bond acceptors (Lipinski definition) is 3. The fourth-order valence-corrected chi connectivity index (χ4v) is 5.67. The first-order valence-corrected chi connectivity index (χ1v) is 10.3. The van der Waals surface area contributed by atoms with Gasteiger partial charge in [0.1, 0.15) is 11.5 Å². The smallest absolute Gasteiger partial charge is 0.107 e. The lowest BCUT2D eigenvalue weighted by Crippen LogP contribution is -2.26. The van der Waals surface area contributed by atoms with Crippen LogP contribution in [-0.2, 0) is 9.47 Å². The molecule has 1 atom stereocenters. The van der Waals surface area contributed by atoms with Crippen molar-refractivity contribution in [3.05, 3.63) is 45.1 Å². The van der Waals surface area contributed by atoms with E-state index in [0.29, 0.717) is 17.9 Å². The number of ether oxygens (including phenoxy) is 2. The van der Waals surface area contributed by atoms with Crippen LogP contribution in [0.2, 0.25) is 0 Å². The summed E-state index contributed by atoms with van der Waals surface area (Å²) < 4.78 is 12.1. The van der Waals surface area contributed by atoms with Gasteiger partial charge >= 0.3 is 0 Å². The van der Waals surface area contributed by atoms with Gasteiger partial charge in [-0.1, -0.05) is 6.07 Å².